The predicted octanol–water partition coefficient (Wildman–Crippen LogP) is 2.62. The van der Waals surface area contributed by atoms with Crippen LogP contribution < -0.4 is 24.4 Å². The molecule has 0 spiro atoms. The van der Waals surface area contributed by atoms with Gasteiger partial charge in [-0.2, -0.15) is 0 Å². The standard InChI is InChI=1S/C22H24N2O5/c1-22(2,15-7-8-18-19(13-15)28-12-11-27-18)23-20(25)9-10-24-16-5-3-4-6-17(16)29-14-21(24)26/h3-8,13H,9-12,14H2,1-2H3,(H,23,25). The summed E-state index contributed by atoms with van der Waals surface area (Å²) in [4.78, 5) is 26.5. The Morgan fingerprint density at radius 2 is 1.79 bits per heavy atom. The summed E-state index contributed by atoms with van der Waals surface area (Å²) < 4.78 is 16.6. The molecule has 7 nitrogen and oxygen atoms in total. The number of hydrogen-bond acceptors (Lipinski definition) is 5. The normalized spacial score (nSPS) is 15.4. The van der Waals surface area contributed by atoms with Crippen molar-refractivity contribution >= 4 is 17.5 Å². The van der Waals surface area contributed by atoms with Gasteiger partial charge in [-0.15, -0.1) is 0 Å². The number of benzene rings is 2. The average Bonchev–Trinajstić information content (AvgIpc) is 2.72. The Labute approximate surface area is 169 Å². The van der Waals surface area contributed by atoms with Crippen LogP contribution in [0, 0.1) is 0 Å². The van der Waals surface area contributed by atoms with Gasteiger partial charge in [0.25, 0.3) is 5.91 Å². The number of ether oxygens (including phenoxy) is 3. The smallest absolute Gasteiger partial charge is 0.265 e. The lowest BCUT2D eigenvalue weighted by Gasteiger charge is -2.31. The third-order valence-electron chi connectivity index (χ3n) is 5.09. The van der Waals surface area contributed by atoms with E-state index >= 15 is 0 Å². The van der Waals surface area contributed by atoms with Crippen molar-refractivity contribution in [3.63, 3.8) is 0 Å². The van der Waals surface area contributed by atoms with Crippen LogP contribution in [0.2, 0.25) is 0 Å². The van der Waals surface area contributed by atoms with Gasteiger partial charge in [-0.25, -0.2) is 0 Å². The zero-order chi connectivity index (χ0) is 20.4. The van der Waals surface area contributed by atoms with Crippen LogP contribution in [0.15, 0.2) is 42.5 Å². The van der Waals surface area contributed by atoms with E-state index in [1.54, 1.807) is 4.90 Å². The maximum absolute atomic E-state index is 12.6. The van der Waals surface area contributed by atoms with Crippen molar-refractivity contribution < 1.29 is 23.8 Å². The monoisotopic (exact) mass is 396 g/mol. The molecule has 2 aliphatic rings. The van der Waals surface area contributed by atoms with Gasteiger partial charge in [-0.1, -0.05) is 18.2 Å². The van der Waals surface area contributed by atoms with Crippen LogP contribution in [0.5, 0.6) is 17.2 Å². The lowest BCUT2D eigenvalue weighted by molar-refractivity contribution is -0.123. The summed E-state index contributed by atoms with van der Waals surface area (Å²) in [5.74, 6) is 1.77. The van der Waals surface area contributed by atoms with Gasteiger partial charge in [-0.05, 0) is 43.7 Å². The van der Waals surface area contributed by atoms with Gasteiger partial charge in [-0.3, -0.25) is 9.59 Å². The molecule has 0 saturated heterocycles. The molecule has 0 radical (unpaired) electrons. The second-order valence-electron chi connectivity index (χ2n) is 7.58. The zero-order valence-corrected chi connectivity index (χ0v) is 16.6. The molecule has 2 amide bonds. The topological polar surface area (TPSA) is 77.1 Å². The average molecular weight is 396 g/mol. The lowest BCUT2D eigenvalue weighted by atomic mass is 9.93. The molecule has 2 aromatic carbocycles. The van der Waals surface area contributed by atoms with Crippen LogP contribution in [-0.2, 0) is 15.1 Å². The quantitative estimate of drug-likeness (QED) is 0.841. The van der Waals surface area contributed by atoms with Crippen LogP contribution >= 0.6 is 0 Å². The summed E-state index contributed by atoms with van der Waals surface area (Å²) in [5.41, 5.74) is 1.02. The molecule has 0 atom stereocenters. The Morgan fingerprint density at radius 1 is 1.03 bits per heavy atom. The number of anilines is 1. The van der Waals surface area contributed by atoms with E-state index < -0.39 is 5.54 Å². The van der Waals surface area contributed by atoms with Crippen molar-refractivity contribution in [2.75, 3.05) is 31.3 Å². The van der Waals surface area contributed by atoms with E-state index in [4.69, 9.17) is 14.2 Å². The van der Waals surface area contributed by atoms with Crippen molar-refractivity contribution in [3.05, 3.63) is 48.0 Å². The van der Waals surface area contributed by atoms with E-state index in [1.165, 1.54) is 0 Å². The fraction of sp³-hybridized carbons (Fsp3) is 0.364. The van der Waals surface area contributed by atoms with E-state index in [2.05, 4.69) is 5.32 Å². The molecule has 2 aliphatic heterocycles. The van der Waals surface area contributed by atoms with E-state index in [0.717, 1.165) is 5.56 Å². The van der Waals surface area contributed by atoms with Crippen LogP contribution in [0.1, 0.15) is 25.8 Å². The molecule has 0 unspecified atom stereocenters. The van der Waals surface area contributed by atoms with Gasteiger partial charge in [0.05, 0.1) is 11.2 Å². The Balaban J connectivity index is 1.41. The Bertz CT molecular complexity index is 941. The predicted molar refractivity (Wildman–Crippen MR) is 108 cm³/mol. The van der Waals surface area contributed by atoms with E-state index in [9.17, 15) is 9.59 Å². The Kier molecular flexibility index (Phi) is 5.05. The maximum Gasteiger partial charge on any atom is 0.265 e. The van der Waals surface area contributed by atoms with Gasteiger partial charge < -0.3 is 24.4 Å². The number of amides is 2. The number of fused-ring (bicyclic) bond motifs is 2. The molecule has 0 fully saturated rings. The first kappa shape index (κ1) is 19.1. The first-order chi connectivity index (χ1) is 13.9. The number of nitrogens with zero attached hydrogens (tertiary/aromatic N) is 1. The Hall–Kier alpha value is -3.22. The van der Waals surface area contributed by atoms with Crippen LogP contribution in [0.25, 0.3) is 0 Å². The minimum Gasteiger partial charge on any atom is -0.486 e. The van der Waals surface area contributed by atoms with E-state index in [0.29, 0.717) is 42.7 Å². The largest absolute Gasteiger partial charge is 0.486 e. The van der Waals surface area contributed by atoms with Crippen LogP contribution in [0.3, 0.4) is 0 Å². The van der Waals surface area contributed by atoms with Crippen molar-refractivity contribution in [3.8, 4) is 17.2 Å². The molecule has 152 valence electrons. The third kappa shape index (κ3) is 3.99. The van der Waals surface area contributed by atoms with Gasteiger partial charge in [0.15, 0.2) is 18.1 Å². The fourth-order valence-electron chi connectivity index (χ4n) is 3.53. The molecule has 2 heterocycles. The first-order valence-electron chi connectivity index (χ1n) is 9.67. The van der Waals surface area contributed by atoms with E-state index in [1.807, 2.05) is 56.3 Å². The molecular weight excluding hydrogens is 372 g/mol. The van der Waals surface area contributed by atoms with Crippen LogP contribution in [-0.4, -0.2) is 38.2 Å². The highest BCUT2D eigenvalue weighted by atomic mass is 16.6. The molecule has 0 bridgehead atoms. The minimum absolute atomic E-state index is 0.0126. The SMILES string of the molecule is CC(C)(NC(=O)CCN1C(=O)COc2ccccc21)c1ccc2c(c1)OCCO2. The van der Waals surface area contributed by atoms with Crippen LogP contribution in [0.4, 0.5) is 5.69 Å². The molecule has 0 aliphatic carbocycles. The number of nitrogens with one attached hydrogen (secondary N) is 1. The number of para-hydroxylation sites is 2. The van der Waals surface area contributed by atoms with Gasteiger partial charge >= 0.3 is 0 Å². The Morgan fingerprint density at radius 3 is 2.62 bits per heavy atom. The highest BCUT2D eigenvalue weighted by Gasteiger charge is 2.28. The minimum atomic E-state index is -0.597. The van der Waals surface area contributed by atoms with Crippen molar-refractivity contribution in [1.29, 1.82) is 0 Å². The molecule has 29 heavy (non-hydrogen) atoms. The highest BCUT2D eigenvalue weighted by molar-refractivity contribution is 5.98. The molecule has 0 aromatic heterocycles. The van der Waals surface area contributed by atoms with Crippen molar-refractivity contribution in [1.82, 2.24) is 5.32 Å². The summed E-state index contributed by atoms with van der Waals surface area (Å²) >= 11 is 0. The molecule has 0 saturated carbocycles. The zero-order valence-electron chi connectivity index (χ0n) is 16.6. The number of carbonyl (C=O) groups excluding carboxylic acids is 2. The second-order valence-corrected chi connectivity index (χ2v) is 7.58. The molecule has 7 heteroatoms. The lowest BCUT2D eigenvalue weighted by Crippen LogP contribution is -2.44. The highest BCUT2D eigenvalue weighted by Crippen LogP contribution is 2.34. The number of carbonyl (C=O) groups is 2. The maximum atomic E-state index is 12.6. The van der Waals surface area contributed by atoms with Crippen molar-refractivity contribution in [2.24, 2.45) is 0 Å². The van der Waals surface area contributed by atoms with Gasteiger partial charge in [0, 0.05) is 13.0 Å². The first-order valence-corrected chi connectivity index (χ1v) is 9.67. The summed E-state index contributed by atoms with van der Waals surface area (Å²) in [6.45, 7) is 5.20. The number of rotatable bonds is 5. The fourth-order valence-corrected chi connectivity index (χ4v) is 3.53. The summed E-state index contributed by atoms with van der Waals surface area (Å²) in [6.07, 6.45) is 0.189. The third-order valence-corrected chi connectivity index (χ3v) is 5.09. The number of hydrogen-bond donors (Lipinski definition) is 1. The summed E-state index contributed by atoms with van der Waals surface area (Å²) in [6, 6.07) is 13.0. The second kappa shape index (κ2) is 7.66. The van der Waals surface area contributed by atoms with Crippen molar-refractivity contribution in [2.45, 2.75) is 25.8 Å². The molecule has 2 aromatic rings. The molecular formula is C22H24N2O5. The van der Waals surface area contributed by atoms with Gasteiger partial charge in [0.2, 0.25) is 5.91 Å². The molecule has 1 N–H and O–H groups in total. The summed E-state index contributed by atoms with van der Waals surface area (Å²) in [7, 11) is 0. The molecule has 4 rings (SSSR count). The van der Waals surface area contributed by atoms with E-state index in [-0.39, 0.29) is 24.8 Å². The summed E-state index contributed by atoms with van der Waals surface area (Å²) in [5, 5.41) is 3.05. The van der Waals surface area contributed by atoms with Gasteiger partial charge in [0.1, 0.15) is 19.0 Å².